The minimum absolute atomic E-state index is 0.168. The highest BCUT2D eigenvalue weighted by Crippen LogP contribution is 2.37. The number of anilines is 1. The Balaban J connectivity index is 1.83. The standard InChI is InChI=1S/C28H27N3O6S/c1-6-30-18-11-9-8-10-17(18)22(25(30)32)24-26(33)31-23(16-12-13-19(35-4)20(14-16)36-5)21(27(34)37-7-2)15(3)29-28(31)38-24/h8-14,23H,6-7H2,1-5H3/b24-22+/t23-/m1/s1. The van der Waals surface area contributed by atoms with E-state index in [1.165, 1.54) is 18.8 Å². The van der Waals surface area contributed by atoms with Gasteiger partial charge in [-0.2, -0.15) is 0 Å². The SMILES string of the molecule is CCOC(=O)C1=C(C)N=c2s/c(=C3/C(=O)N(CC)c4ccccc43)c(=O)n2[C@@H]1c1ccc(OC)c(OC)c1. The zero-order valence-electron chi connectivity index (χ0n) is 21.7. The summed E-state index contributed by atoms with van der Waals surface area (Å²) in [5, 5.41) is 0. The summed E-state index contributed by atoms with van der Waals surface area (Å²) in [4.78, 5) is 47.5. The number of hydrogen-bond acceptors (Lipinski definition) is 8. The van der Waals surface area contributed by atoms with Gasteiger partial charge in [0.2, 0.25) is 0 Å². The molecule has 2 aromatic carbocycles. The fourth-order valence-corrected chi connectivity index (χ4v) is 6.13. The third kappa shape index (κ3) is 3.83. The zero-order chi connectivity index (χ0) is 27.1. The normalized spacial score (nSPS) is 17.7. The van der Waals surface area contributed by atoms with Gasteiger partial charge >= 0.3 is 5.97 Å². The Morgan fingerprint density at radius 2 is 1.79 bits per heavy atom. The Bertz CT molecular complexity index is 1680. The van der Waals surface area contributed by atoms with Crippen LogP contribution in [-0.2, 0) is 14.3 Å². The highest BCUT2D eigenvalue weighted by Gasteiger charge is 2.37. The van der Waals surface area contributed by atoms with Gasteiger partial charge in [0.25, 0.3) is 11.5 Å². The number of amides is 1. The fraction of sp³-hybridized carbons (Fsp3) is 0.286. The van der Waals surface area contributed by atoms with Crippen molar-refractivity contribution in [3.05, 3.63) is 84.5 Å². The molecule has 10 heteroatoms. The number of carbonyl (C=O) groups excluding carboxylic acids is 2. The molecule has 2 aliphatic rings. The number of para-hydroxylation sites is 1. The molecule has 1 aromatic heterocycles. The van der Waals surface area contributed by atoms with Crippen molar-refractivity contribution in [1.29, 1.82) is 0 Å². The third-order valence-electron chi connectivity index (χ3n) is 6.68. The number of methoxy groups -OCH3 is 2. The van der Waals surface area contributed by atoms with Gasteiger partial charge in [-0.3, -0.25) is 14.2 Å². The molecule has 0 bridgehead atoms. The maximum absolute atomic E-state index is 14.1. The van der Waals surface area contributed by atoms with Gasteiger partial charge < -0.3 is 19.1 Å². The lowest BCUT2D eigenvalue weighted by atomic mass is 9.95. The average Bonchev–Trinajstić information content (AvgIpc) is 3.39. The topological polar surface area (TPSA) is 99.4 Å². The molecule has 1 atom stereocenters. The molecule has 3 heterocycles. The highest BCUT2D eigenvalue weighted by molar-refractivity contribution is 7.07. The second kappa shape index (κ2) is 9.94. The first-order valence-corrected chi connectivity index (χ1v) is 13.0. The number of thiazole rings is 1. The number of ether oxygens (including phenoxy) is 3. The smallest absolute Gasteiger partial charge is 0.338 e. The van der Waals surface area contributed by atoms with Crippen LogP contribution < -0.4 is 29.3 Å². The number of fused-ring (bicyclic) bond motifs is 2. The van der Waals surface area contributed by atoms with E-state index in [4.69, 9.17) is 14.2 Å². The molecule has 9 nitrogen and oxygen atoms in total. The van der Waals surface area contributed by atoms with E-state index in [1.807, 2.05) is 31.2 Å². The van der Waals surface area contributed by atoms with E-state index in [2.05, 4.69) is 4.99 Å². The Morgan fingerprint density at radius 1 is 1.05 bits per heavy atom. The van der Waals surface area contributed by atoms with Crippen molar-refractivity contribution in [2.75, 3.05) is 32.3 Å². The van der Waals surface area contributed by atoms with Crippen molar-refractivity contribution in [1.82, 2.24) is 4.57 Å². The summed E-state index contributed by atoms with van der Waals surface area (Å²) in [5.74, 6) is 0.164. The van der Waals surface area contributed by atoms with Crippen LogP contribution in [0.25, 0.3) is 5.57 Å². The molecule has 0 spiro atoms. The highest BCUT2D eigenvalue weighted by atomic mass is 32.1. The van der Waals surface area contributed by atoms with Crippen LogP contribution in [0.5, 0.6) is 11.5 Å². The summed E-state index contributed by atoms with van der Waals surface area (Å²) >= 11 is 1.14. The second-order valence-corrected chi connectivity index (χ2v) is 9.66. The molecule has 0 radical (unpaired) electrons. The maximum atomic E-state index is 14.1. The lowest BCUT2D eigenvalue weighted by Crippen LogP contribution is -2.41. The molecule has 1 amide bonds. The first kappa shape index (κ1) is 25.5. The molecule has 0 aliphatic carbocycles. The Hall–Kier alpha value is -4.18. The van der Waals surface area contributed by atoms with Gasteiger partial charge in [0, 0.05) is 12.1 Å². The molecule has 0 saturated carbocycles. The van der Waals surface area contributed by atoms with Crippen LogP contribution in [0.3, 0.4) is 0 Å². The third-order valence-corrected chi connectivity index (χ3v) is 7.74. The van der Waals surface area contributed by atoms with Crippen LogP contribution in [0.15, 0.2) is 63.5 Å². The van der Waals surface area contributed by atoms with E-state index in [-0.39, 0.29) is 22.6 Å². The van der Waals surface area contributed by atoms with Gasteiger partial charge in [-0.15, -0.1) is 0 Å². The molecule has 3 aromatic rings. The monoisotopic (exact) mass is 533 g/mol. The van der Waals surface area contributed by atoms with Gasteiger partial charge in [0.15, 0.2) is 16.3 Å². The second-order valence-electron chi connectivity index (χ2n) is 8.68. The number of benzene rings is 2. The van der Waals surface area contributed by atoms with E-state index in [0.29, 0.717) is 45.2 Å². The van der Waals surface area contributed by atoms with Crippen LogP contribution in [0.2, 0.25) is 0 Å². The molecule has 2 aliphatic heterocycles. The lowest BCUT2D eigenvalue weighted by Gasteiger charge is -2.25. The number of carbonyl (C=O) groups is 2. The van der Waals surface area contributed by atoms with Crippen LogP contribution >= 0.6 is 11.3 Å². The number of aromatic nitrogens is 1. The van der Waals surface area contributed by atoms with Crippen LogP contribution in [0, 0.1) is 0 Å². The predicted molar refractivity (Wildman–Crippen MR) is 143 cm³/mol. The summed E-state index contributed by atoms with van der Waals surface area (Å²) in [6.45, 7) is 5.97. The lowest BCUT2D eigenvalue weighted by molar-refractivity contribution is -0.139. The van der Waals surface area contributed by atoms with E-state index in [0.717, 1.165) is 17.0 Å². The van der Waals surface area contributed by atoms with E-state index < -0.39 is 17.6 Å². The van der Waals surface area contributed by atoms with E-state index in [1.54, 1.807) is 36.9 Å². The fourth-order valence-electron chi connectivity index (χ4n) is 4.99. The van der Waals surface area contributed by atoms with Crippen molar-refractivity contribution >= 4 is 34.5 Å². The first-order valence-electron chi connectivity index (χ1n) is 12.2. The van der Waals surface area contributed by atoms with Gasteiger partial charge in [-0.05, 0) is 44.5 Å². The molecule has 0 unspecified atom stereocenters. The zero-order valence-corrected chi connectivity index (χ0v) is 22.5. The van der Waals surface area contributed by atoms with Gasteiger partial charge in [-0.1, -0.05) is 35.6 Å². The molecule has 0 fully saturated rings. The summed E-state index contributed by atoms with van der Waals surface area (Å²) < 4.78 is 18.0. The largest absolute Gasteiger partial charge is 0.493 e. The van der Waals surface area contributed by atoms with Crippen LogP contribution in [-0.4, -0.2) is 43.8 Å². The predicted octanol–water partition coefficient (Wildman–Crippen LogP) is 2.55. The molecular weight excluding hydrogens is 506 g/mol. The van der Waals surface area contributed by atoms with Gasteiger partial charge in [0.05, 0.1) is 49.4 Å². The Labute approximate surface area is 222 Å². The number of likely N-dealkylation sites (N-methyl/N-ethyl adjacent to an activating group) is 1. The van der Waals surface area contributed by atoms with Gasteiger partial charge in [-0.25, -0.2) is 9.79 Å². The summed E-state index contributed by atoms with van der Waals surface area (Å²) in [5.41, 5.74) is 2.71. The van der Waals surface area contributed by atoms with Crippen molar-refractivity contribution in [3.8, 4) is 11.5 Å². The number of rotatable bonds is 6. The quantitative estimate of drug-likeness (QED) is 0.452. The van der Waals surface area contributed by atoms with Crippen molar-refractivity contribution in [3.63, 3.8) is 0 Å². The maximum Gasteiger partial charge on any atom is 0.338 e. The summed E-state index contributed by atoms with van der Waals surface area (Å²) in [7, 11) is 3.05. The minimum Gasteiger partial charge on any atom is -0.493 e. The number of hydrogen-bond donors (Lipinski definition) is 0. The van der Waals surface area contributed by atoms with Gasteiger partial charge in [0.1, 0.15) is 4.53 Å². The average molecular weight is 534 g/mol. The number of allylic oxidation sites excluding steroid dienone is 1. The van der Waals surface area contributed by atoms with Crippen molar-refractivity contribution in [2.24, 2.45) is 4.99 Å². The Morgan fingerprint density at radius 3 is 2.47 bits per heavy atom. The molecule has 38 heavy (non-hydrogen) atoms. The van der Waals surface area contributed by atoms with E-state index >= 15 is 0 Å². The summed E-state index contributed by atoms with van der Waals surface area (Å²) in [6, 6.07) is 11.8. The molecule has 5 rings (SSSR count). The van der Waals surface area contributed by atoms with Crippen molar-refractivity contribution < 1.29 is 23.8 Å². The van der Waals surface area contributed by atoms with Crippen LogP contribution in [0.4, 0.5) is 5.69 Å². The Kier molecular flexibility index (Phi) is 6.66. The molecular formula is C28H27N3O6S. The molecule has 0 saturated heterocycles. The number of esters is 1. The minimum atomic E-state index is -0.839. The first-order chi connectivity index (χ1) is 18.4. The molecule has 196 valence electrons. The van der Waals surface area contributed by atoms with Crippen molar-refractivity contribution in [2.45, 2.75) is 26.8 Å². The van der Waals surface area contributed by atoms with E-state index in [9.17, 15) is 14.4 Å². The number of nitrogens with zero attached hydrogens (tertiary/aromatic N) is 3. The summed E-state index contributed by atoms with van der Waals surface area (Å²) in [6.07, 6.45) is 0. The molecule has 0 N–H and O–H groups in total. The van der Waals surface area contributed by atoms with Crippen LogP contribution in [0.1, 0.15) is 37.9 Å².